The molecule has 0 fully saturated rings. The summed E-state index contributed by atoms with van der Waals surface area (Å²) in [6.45, 7) is 5.05. The van der Waals surface area contributed by atoms with Crippen LogP contribution in [0.15, 0.2) is 29.2 Å². The van der Waals surface area contributed by atoms with E-state index in [2.05, 4.69) is 0 Å². The molecule has 0 saturated carbocycles. The molecule has 84 valence electrons. The fourth-order valence-corrected chi connectivity index (χ4v) is 2.24. The molecule has 2 N–H and O–H groups in total. The molecule has 4 nitrogen and oxygen atoms in total. The number of hydrogen-bond donors (Lipinski definition) is 1. The third-order valence-electron chi connectivity index (χ3n) is 1.53. The molecule has 1 aromatic rings. The highest BCUT2D eigenvalue weighted by molar-refractivity contribution is 7.86. The van der Waals surface area contributed by atoms with Crippen molar-refractivity contribution in [2.45, 2.75) is 31.3 Å². The van der Waals surface area contributed by atoms with E-state index in [4.69, 9.17) is 9.92 Å². The van der Waals surface area contributed by atoms with Crippen LogP contribution in [0.5, 0.6) is 0 Å². The Kier molecular flexibility index (Phi) is 3.06. The molecule has 0 bridgehead atoms. The second kappa shape index (κ2) is 3.83. The standard InChI is InChI=1S/C10H15NO3S/c1-10(2,3)14-15(12,13)9-6-4-8(11)5-7-9/h4-7H,11H2,1-3H3. The second-order valence-corrected chi connectivity index (χ2v) is 5.77. The highest BCUT2D eigenvalue weighted by Gasteiger charge is 2.23. The summed E-state index contributed by atoms with van der Waals surface area (Å²) in [5.74, 6) is 0. The van der Waals surface area contributed by atoms with Gasteiger partial charge in [0.25, 0.3) is 10.1 Å². The van der Waals surface area contributed by atoms with E-state index in [1.807, 2.05) is 0 Å². The van der Waals surface area contributed by atoms with Gasteiger partial charge in [-0.3, -0.25) is 4.18 Å². The summed E-state index contributed by atoms with van der Waals surface area (Å²) in [5, 5.41) is 0. The van der Waals surface area contributed by atoms with Gasteiger partial charge in [-0.1, -0.05) is 0 Å². The minimum absolute atomic E-state index is 0.117. The van der Waals surface area contributed by atoms with Crippen molar-refractivity contribution in [3.8, 4) is 0 Å². The Morgan fingerprint density at radius 3 is 2.00 bits per heavy atom. The van der Waals surface area contributed by atoms with Crippen LogP contribution in [-0.4, -0.2) is 14.0 Å². The van der Waals surface area contributed by atoms with Gasteiger partial charge < -0.3 is 5.73 Å². The van der Waals surface area contributed by atoms with E-state index >= 15 is 0 Å². The molecular formula is C10H15NO3S. The van der Waals surface area contributed by atoms with Crippen molar-refractivity contribution < 1.29 is 12.6 Å². The van der Waals surface area contributed by atoms with Crippen LogP contribution in [0.25, 0.3) is 0 Å². The molecule has 0 unspecified atom stereocenters. The third kappa shape index (κ3) is 3.53. The zero-order chi connectivity index (χ0) is 11.7. The molecule has 15 heavy (non-hydrogen) atoms. The van der Waals surface area contributed by atoms with Gasteiger partial charge in [-0.05, 0) is 45.0 Å². The number of rotatable bonds is 2. The van der Waals surface area contributed by atoms with Gasteiger partial charge in [-0.15, -0.1) is 0 Å². The minimum Gasteiger partial charge on any atom is -0.399 e. The van der Waals surface area contributed by atoms with Gasteiger partial charge in [-0.25, -0.2) is 0 Å². The zero-order valence-electron chi connectivity index (χ0n) is 9.02. The lowest BCUT2D eigenvalue weighted by molar-refractivity contribution is 0.139. The van der Waals surface area contributed by atoms with Crippen LogP contribution >= 0.6 is 0 Å². The Bertz CT molecular complexity index is 429. The average Bonchev–Trinajstić information content (AvgIpc) is 2.00. The molecule has 0 radical (unpaired) electrons. The first-order valence-electron chi connectivity index (χ1n) is 4.52. The number of hydrogen-bond acceptors (Lipinski definition) is 4. The molecule has 0 spiro atoms. The van der Waals surface area contributed by atoms with Crippen LogP contribution in [0.3, 0.4) is 0 Å². The van der Waals surface area contributed by atoms with Gasteiger partial charge in [0, 0.05) is 5.69 Å². The number of benzene rings is 1. The molecule has 1 aromatic carbocycles. The molecule has 0 amide bonds. The van der Waals surface area contributed by atoms with Gasteiger partial charge in [0.15, 0.2) is 0 Å². The predicted octanol–water partition coefficient (Wildman–Crippen LogP) is 1.77. The van der Waals surface area contributed by atoms with Gasteiger partial charge in [-0.2, -0.15) is 8.42 Å². The Balaban J connectivity index is 3.02. The Morgan fingerprint density at radius 2 is 1.60 bits per heavy atom. The molecule has 0 aliphatic rings. The van der Waals surface area contributed by atoms with E-state index in [1.165, 1.54) is 24.3 Å². The zero-order valence-corrected chi connectivity index (χ0v) is 9.84. The molecule has 0 heterocycles. The van der Waals surface area contributed by atoms with Gasteiger partial charge in [0.2, 0.25) is 0 Å². The monoisotopic (exact) mass is 229 g/mol. The number of nitrogens with two attached hydrogens (primary N) is 1. The van der Waals surface area contributed by atoms with Crippen LogP contribution in [0.1, 0.15) is 20.8 Å². The van der Waals surface area contributed by atoms with Crippen LogP contribution in [-0.2, 0) is 14.3 Å². The molecule has 0 atom stereocenters. The van der Waals surface area contributed by atoms with Gasteiger partial charge in [0.1, 0.15) is 0 Å². The summed E-state index contributed by atoms with van der Waals surface area (Å²) in [6.07, 6.45) is 0. The first kappa shape index (κ1) is 12.0. The van der Waals surface area contributed by atoms with Crippen LogP contribution in [0.2, 0.25) is 0 Å². The molecule has 0 saturated heterocycles. The predicted molar refractivity (Wildman–Crippen MR) is 58.9 cm³/mol. The highest BCUT2D eigenvalue weighted by atomic mass is 32.2. The second-order valence-electron chi connectivity index (χ2n) is 4.22. The maximum atomic E-state index is 11.7. The van der Waals surface area contributed by atoms with Crippen molar-refractivity contribution in [1.82, 2.24) is 0 Å². The maximum absolute atomic E-state index is 11.7. The third-order valence-corrected chi connectivity index (χ3v) is 3.10. The first-order chi connectivity index (χ1) is 6.71. The first-order valence-corrected chi connectivity index (χ1v) is 5.93. The minimum atomic E-state index is -3.69. The largest absolute Gasteiger partial charge is 0.399 e. The van der Waals surface area contributed by atoms with Crippen molar-refractivity contribution in [1.29, 1.82) is 0 Å². The average molecular weight is 229 g/mol. The van der Waals surface area contributed by atoms with E-state index in [1.54, 1.807) is 20.8 Å². The lowest BCUT2D eigenvalue weighted by Crippen LogP contribution is -2.24. The topological polar surface area (TPSA) is 69.4 Å². The van der Waals surface area contributed by atoms with Crippen molar-refractivity contribution in [2.24, 2.45) is 0 Å². The summed E-state index contributed by atoms with van der Waals surface area (Å²) >= 11 is 0. The van der Waals surface area contributed by atoms with Crippen molar-refractivity contribution >= 4 is 15.8 Å². The number of nitrogen functional groups attached to an aromatic ring is 1. The summed E-state index contributed by atoms with van der Waals surface area (Å²) in [6, 6.07) is 5.91. The van der Waals surface area contributed by atoms with Gasteiger partial charge >= 0.3 is 0 Å². The number of anilines is 1. The molecular weight excluding hydrogens is 214 g/mol. The fourth-order valence-electron chi connectivity index (χ4n) is 1.01. The quantitative estimate of drug-likeness (QED) is 0.620. The van der Waals surface area contributed by atoms with E-state index < -0.39 is 15.7 Å². The Morgan fingerprint density at radius 1 is 1.13 bits per heavy atom. The van der Waals surface area contributed by atoms with Crippen molar-refractivity contribution in [2.75, 3.05) is 5.73 Å². The Labute approximate surface area is 90.2 Å². The molecule has 0 aliphatic carbocycles. The summed E-state index contributed by atoms with van der Waals surface area (Å²) < 4.78 is 28.4. The van der Waals surface area contributed by atoms with E-state index in [0.717, 1.165) is 0 Å². The maximum Gasteiger partial charge on any atom is 0.297 e. The lowest BCUT2D eigenvalue weighted by Gasteiger charge is -2.18. The normalized spacial score (nSPS) is 12.7. The fraction of sp³-hybridized carbons (Fsp3) is 0.400. The Hall–Kier alpha value is -1.07. The van der Waals surface area contributed by atoms with Crippen LogP contribution < -0.4 is 5.73 Å². The van der Waals surface area contributed by atoms with E-state index in [0.29, 0.717) is 5.69 Å². The highest BCUT2D eigenvalue weighted by Crippen LogP contribution is 2.20. The lowest BCUT2D eigenvalue weighted by atomic mass is 10.2. The smallest absolute Gasteiger partial charge is 0.297 e. The summed E-state index contributed by atoms with van der Waals surface area (Å²) in [5.41, 5.74) is 5.24. The van der Waals surface area contributed by atoms with Crippen molar-refractivity contribution in [3.63, 3.8) is 0 Å². The van der Waals surface area contributed by atoms with Crippen LogP contribution in [0.4, 0.5) is 5.69 Å². The molecule has 0 aromatic heterocycles. The summed E-state index contributed by atoms with van der Waals surface area (Å²) in [4.78, 5) is 0.117. The summed E-state index contributed by atoms with van der Waals surface area (Å²) in [7, 11) is -3.69. The van der Waals surface area contributed by atoms with E-state index in [-0.39, 0.29) is 4.90 Å². The van der Waals surface area contributed by atoms with Gasteiger partial charge in [0.05, 0.1) is 10.5 Å². The van der Waals surface area contributed by atoms with Crippen LogP contribution in [0, 0.1) is 0 Å². The molecule has 1 rings (SSSR count). The SMILES string of the molecule is CC(C)(C)OS(=O)(=O)c1ccc(N)cc1. The molecule has 5 heteroatoms. The van der Waals surface area contributed by atoms with E-state index in [9.17, 15) is 8.42 Å². The molecule has 0 aliphatic heterocycles. The van der Waals surface area contributed by atoms with Crippen molar-refractivity contribution in [3.05, 3.63) is 24.3 Å².